The highest BCUT2D eigenvalue weighted by atomic mass is 19.4. The van der Waals surface area contributed by atoms with Gasteiger partial charge in [-0.1, -0.05) is 60.7 Å². The van der Waals surface area contributed by atoms with E-state index in [4.69, 9.17) is 11.5 Å². The van der Waals surface area contributed by atoms with Gasteiger partial charge in [0.1, 0.15) is 11.1 Å². The van der Waals surface area contributed by atoms with E-state index in [0.29, 0.717) is 12.1 Å². The predicted molar refractivity (Wildman–Crippen MR) is 126 cm³/mol. The minimum atomic E-state index is -4.83. The molecule has 0 radical (unpaired) electrons. The minimum absolute atomic E-state index is 0.196. The molecule has 194 valence electrons. The van der Waals surface area contributed by atoms with Crippen LogP contribution in [0.15, 0.2) is 97.1 Å². The smallest absolute Gasteiger partial charge is 0.399 e. The van der Waals surface area contributed by atoms with Crippen LogP contribution < -0.4 is 21.2 Å². The molecule has 4 aromatic rings. The molecule has 0 atom stereocenters. The van der Waals surface area contributed by atoms with Gasteiger partial charge in [-0.2, -0.15) is 26.3 Å². The Morgan fingerprint density at radius 3 is 1.16 bits per heavy atom. The molecule has 0 aromatic heterocycles. The number of halogens is 6. The van der Waals surface area contributed by atoms with Gasteiger partial charge >= 0.3 is 12.4 Å². The number of hydrogen-bond donors (Lipinski definition) is 2. The normalized spacial score (nSPS) is 11.3. The van der Waals surface area contributed by atoms with Crippen molar-refractivity contribution in [3.05, 3.63) is 108 Å². The molecule has 5 nitrogen and oxygen atoms in total. The maximum Gasteiger partial charge on any atom is 0.420 e. The van der Waals surface area contributed by atoms with Gasteiger partial charge in [0.05, 0.1) is 0 Å². The lowest BCUT2D eigenvalue weighted by molar-refractivity contribution is -0.413. The van der Waals surface area contributed by atoms with Crippen LogP contribution >= 0.6 is 0 Å². The molecule has 0 amide bonds. The lowest BCUT2D eigenvalue weighted by atomic mass is 10.1. The molecule has 0 unspecified atom stereocenters. The third-order valence-electron chi connectivity index (χ3n) is 4.75. The van der Waals surface area contributed by atoms with Crippen LogP contribution in [0, 0.1) is 0 Å². The van der Waals surface area contributed by atoms with E-state index < -0.39 is 35.0 Å². The molecule has 0 heterocycles. The number of nitrogen functional groups attached to an aromatic ring is 2. The third kappa shape index (κ3) is 7.80. The average molecular weight is 522 g/mol. The van der Waals surface area contributed by atoms with Crippen molar-refractivity contribution in [2.24, 2.45) is 0 Å². The van der Waals surface area contributed by atoms with Gasteiger partial charge in [0.25, 0.3) is 0 Å². The van der Waals surface area contributed by atoms with Gasteiger partial charge in [-0.05, 0) is 47.5 Å². The van der Waals surface area contributed by atoms with E-state index in [2.05, 4.69) is 63.3 Å². The lowest BCUT2D eigenvalue weighted by Crippen LogP contribution is -2.13. The zero-order valence-corrected chi connectivity index (χ0v) is 18.9. The Morgan fingerprint density at radius 1 is 0.486 bits per heavy atom. The van der Waals surface area contributed by atoms with E-state index in [1.54, 1.807) is 0 Å². The quantitative estimate of drug-likeness (QED) is 0.122. The number of hydrogen-bond acceptors (Lipinski definition) is 5. The zero-order chi connectivity index (χ0) is 27.1. The molecule has 11 heteroatoms. The van der Waals surface area contributed by atoms with Crippen molar-refractivity contribution >= 4 is 11.4 Å². The highest BCUT2D eigenvalue weighted by Gasteiger charge is 2.36. The molecule has 4 aromatic carbocycles. The van der Waals surface area contributed by atoms with Crippen molar-refractivity contribution in [1.29, 1.82) is 0 Å². The molecule has 0 spiro atoms. The number of rotatable bonds is 5. The summed E-state index contributed by atoms with van der Waals surface area (Å²) in [6, 6.07) is 25.7. The van der Waals surface area contributed by atoms with Crippen molar-refractivity contribution in [2.75, 3.05) is 11.5 Å². The maximum absolute atomic E-state index is 12.8. The standard InChI is InChI=1S/C14H10F6N2O3.C12H10/c15-13(16,17)9-5-7(21)1-3-11(9)23-25-24-12-4-2-8(22)6-10(12)14(18,19)20;1-3-7-11(8-4-1)12-9-5-2-6-10-12/h1-6H,21-22H2;1-10H. The number of benzene rings is 4. The van der Waals surface area contributed by atoms with Gasteiger partial charge in [0.2, 0.25) is 0 Å². The summed E-state index contributed by atoms with van der Waals surface area (Å²) in [6.45, 7) is 0. The molecular weight excluding hydrogens is 502 g/mol. The Kier molecular flexibility index (Phi) is 8.51. The van der Waals surface area contributed by atoms with Gasteiger partial charge < -0.3 is 11.5 Å². The second-order valence-corrected chi connectivity index (χ2v) is 7.47. The van der Waals surface area contributed by atoms with E-state index >= 15 is 0 Å². The minimum Gasteiger partial charge on any atom is -0.399 e. The van der Waals surface area contributed by atoms with E-state index in [1.807, 2.05) is 12.1 Å². The topological polar surface area (TPSA) is 79.7 Å². The van der Waals surface area contributed by atoms with Gasteiger partial charge in [-0.25, -0.2) is 0 Å². The number of anilines is 2. The molecule has 4 N–H and O–H groups in total. The van der Waals surface area contributed by atoms with Crippen molar-refractivity contribution in [3.63, 3.8) is 0 Å². The predicted octanol–water partition coefficient (Wildman–Crippen LogP) is 7.55. The van der Waals surface area contributed by atoms with Crippen LogP contribution in [0.1, 0.15) is 11.1 Å². The monoisotopic (exact) mass is 522 g/mol. The van der Waals surface area contributed by atoms with Gasteiger partial charge in [0, 0.05) is 16.4 Å². The molecule has 4 rings (SSSR count). The van der Waals surface area contributed by atoms with Crippen molar-refractivity contribution in [2.45, 2.75) is 12.4 Å². The van der Waals surface area contributed by atoms with Crippen molar-refractivity contribution < 1.29 is 41.2 Å². The molecular formula is C26H20F6N2O3. The van der Waals surface area contributed by atoms with Crippen molar-refractivity contribution in [1.82, 2.24) is 0 Å². The summed E-state index contributed by atoms with van der Waals surface area (Å²) in [6.07, 6.45) is -9.65. The summed E-state index contributed by atoms with van der Waals surface area (Å²) >= 11 is 0. The molecule has 0 aliphatic rings. The highest BCUT2D eigenvalue weighted by Crippen LogP contribution is 2.39. The van der Waals surface area contributed by atoms with Crippen LogP contribution in [0.2, 0.25) is 0 Å². The number of alkyl halides is 6. The zero-order valence-electron chi connectivity index (χ0n) is 18.9. The summed E-state index contributed by atoms with van der Waals surface area (Å²) in [7, 11) is 0. The van der Waals surface area contributed by atoms with E-state index in [0.717, 1.165) is 24.3 Å². The van der Waals surface area contributed by atoms with Crippen LogP contribution in [0.5, 0.6) is 11.5 Å². The largest absolute Gasteiger partial charge is 0.420 e. The first-order chi connectivity index (χ1) is 17.4. The Labute approximate surface area is 207 Å². The second kappa shape index (κ2) is 11.6. The molecule has 37 heavy (non-hydrogen) atoms. The van der Waals surface area contributed by atoms with E-state index in [1.165, 1.54) is 11.1 Å². The first kappa shape index (κ1) is 27.2. The lowest BCUT2D eigenvalue weighted by Gasteiger charge is -2.14. The van der Waals surface area contributed by atoms with Gasteiger partial charge in [0.15, 0.2) is 11.5 Å². The molecule has 0 aliphatic heterocycles. The number of nitrogens with two attached hydrogens (primary N) is 2. The summed E-state index contributed by atoms with van der Waals surface area (Å²) in [5, 5.41) is 4.08. The summed E-state index contributed by atoms with van der Waals surface area (Å²) in [5.74, 6) is -1.68. The fourth-order valence-corrected chi connectivity index (χ4v) is 3.04. The summed E-state index contributed by atoms with van der Waals surface area (Å²) < 4.78 is 77.1. The first-order valence-corrected chi connectivity index (χ1v) is 10.5. The van der Waals surface area contributed by atoms with E-state index in [9.17, 15) is 26.3 Å². The Bertz CT molecular complexity index is 1200. The van der Waals surface area contributed by atoms with Crippen LogP contribution in [0.25, 0.3) is 11.1 Å². The molecule has 0 aliphatic carbocycles. The first-order valence-electron chi connectivity index (χ1n) is 10.5. The van der Waals surface area contributed by atoms with Crippen LogP contribution in [-0.4, -0.2) is 0 Å². The molecule has 0 bridgehead atoms. The maximum atomic E-state index is 12.8. The Hall–Kier alpha value is -4.38. The van der Waals surface area contributed by atoms with Crippen LogP contribution in [0.3, 0.4) is 0 Å². The molecule has 0 fully saturated rings. The summed E-state index contributed by atoms with van der Waals surface area (Å²) in [4.78, 5) is 8.65. The fraction of sp³-hybridized carbons (Fsp3) is 0.0769. The second-order valence-electron chi connectivity index (χ2n) is 7.47. The fourth-order valence-electron chi connectivity index (χ4n) is 3.04. The summed E-state index contributed by atoms with van der Waals surface area (Å²) in [5.41, 5.74) is 10.1. The molecule has 0 saturated carbocycles. The highest BCUT2D eigenvalue weighted by molar-refractivity contribution is 5.62. The van der Waals surface area contributed by atoms with Gasteiger partial charge in [-0.15, -0.1) is 0 Å². The van der Waals surface area contributed by atoms with Crippen molar-refractivity contribution in [3.8, 4) is 22.6 Å². The van der Waals surface area contributed by atoms with Gasteiger partial charge in [-0.3, -0.25) is 9.78 Å². The molecule has 0 saturated heterocycles. The average Bonchev–Trinajstić information content (AvgIpc) is 2.86. The Balaban J connectivity index is 0.000000262. The SMILES string of the molecule is Nc1ccc(OOOc2ccc(N)cc2C(F)(F)F)c(C(F)(F)F)c1.c1ccc(-c2ccccc2)cc1. The van der Waals surface area contributed by atoms with Crippen LogP contribution in [0.4, 0.5) is 37.7 Å². The Morgan fingerprint density at radius 2 is 0.838 bits per heavy atom. The van der Waals surface area contributed by atoms with Crippen LogP contribution in [-0.2, 0) is 17.4 Å². The third-order valence-corrected chi connectivity index (χ3v) is 4.75. The van der Waals surface area contributed by atoms with E-state index in [-0.39, 0.29) is 11.4 Å².